The number of carbonyl (C=O) groups excluding carboxylic acids is 2. The number of aryl methyl sites for hydroxylation is 1. The van der Waals surface area contributed by atoms with E-state index >= 15 is 0 Å². The highest BCUT2D eigenvalue weighted by Gasteiger charge is 2.34. The Kier molecular flexibility index (Phi) is 8.78. The number of aliphatic hydroxyl groups is 1. The molecule has 2 aromatic heterocycles. The maximum atomic E-state index is 15.0. The van der Waals surface area contributed by atoms with Crippen LogP contribution in [0.5, 0.6) is 5.75 Å². The molecule has 0 aliphatic carbocycles. The zero-order valence-corrected chi connectivity index (χ0v) is 25.0. The van der Waals surface area contributed by atoms with Gasteiger partial charge in [0.25, 0.3) is 5.91 Å². The Labute approximate surface area is 263 Å². The topological polar surface area (TPSA) is 148 Å². The number of ether oxygens (including phenoxy) is 1. The molecule has 4 heterocycles. The van der Waals surface area contributed by atoms with Crippen LogP contribution in [-0.2, 0) is 4.79 Å². The summed E-state index contributed by atoms with van der Waals surface area (Å²) in [6.07, 6.45) is 4.38. The SMILES string of the molecule is Cc1cc(Nc2nccn3c(-c4ccc(OCC#N)c(F)c4F)cnc23)ccc1C(=O)N1CCN(C(=O)[C@@H]2CCNCC2O)CC1. The number of nitrogens with zero attached hydrogens (tertiary/aromatic N) is 6. The number of aromatic nitrogens is 3. The van der Waals surface area contributed by atoms with E-state index in [0.29, 0.717) is 68.4 Å². The number of imidazole rings is 1. The van der Waals surface area contributed by atoms with Gasteiger partial charge in [-0.15, -0.1) is 0 Å². The fourth-order valence-corrected chi connectivity index (χ4v) is 5.94. The van der Waals surface area contributed by atoms with Gasteiger partial charge in [-0.2, -0.15) is 9.65 Å². The number of piperazine rings is 1. The van der Waals surface area contributed by atoms with E-state index in [1.54, 1.807) is 38.6 Å². The Morgan fingerprint density at radius 2 is 1.91 bits per heavy atom. The highest BCUT2D eigenvalue weighted by molar-refractivity contribution is 5.96. The van der Waals surface area contributed by atoms with E-state index in [9.17, 15) is 23.5 Å². The highest BCUT2D eigenvalue weighted by Crippen LogP contribution is 2.32. The van der Waals surface area contributed by atoms with Crippen molar-refractivity contribution in [2.24, 2.45) is 5.92 Å². The lowest BCUT2D eigenvalue weighted by molar-refractivity contribution is -0.141. The van der Waals surface area contributed by atoms with Crippen LogP contribution in [0.1, 0.15) is 22.3 Å². The summed E-state index contributed by atoms with van der Waals surface area (Å²) < 4.78 is 36.1. The van der Waals surface area contributed by atoms with E-state index in [0.717, 1.165) is 5.56 Å². The van der Waals surface area contributed by atoms with Gasteiger partial charge in [0.2, 0.25) is 11.7 Å². The minimum absolute atomic E-state index is 0.0424. The van der Waals surface area contributed by atoms with Gasteiger partial charge in [-0.25, -0.2) is 14.4 Å². The van der Waals surface area contributed by atoms with Gasteiger partial charge in [-0.05, 0) is 55.8 Å². The van der Waals surface area contributed by atoms with Gasteiger partial charge < -0.3 is 30.3 Å². The Morgan fingerprint density at radius 1 is 1.13 bits per heavy atom. The summed E-state index contributed by atoms with van der Waals surface area (Å²) in [7, 11) is 0. The number of hydrogen-bond acceptors (Lipinski definition) is 9. The van der Waals surface area contributed by atoms with Gasteiger partial charge in [0.05, 0.1) is 23.9 Å². The molecule has 14 heteroatoms. The van der Waals surface area contributed by atoms with Gasteiger partial charge in [0.15, 0.2) is 29.6 Å². The Morgan fingerprint density at radius 3 is 2.65 bits per heavy atom. The fraction of sp³-hybridized carbons (Fsp3) is 0.344. The molecule has 4 aromatic rings. The lowest BCUT2D eigenvalue weighted by Gasteiger charge is -2.38. The second-order valence-corrected chi connectivity index (χ2v) is 11.2. The number of rotatable bonds is 7. The Balaban J connectivity index is 1.14. The van der Waals surface area contributed by atoms with E-state index in [4.69, 9.17) is 10.00 Å². The minimum Gasteiger partial charge on any atom is -0.476 e. The van der Waals surface area contributed by atoms with E-state index in [1.165, 1.54) is 24.5 Å². The van der Waals surface area contributed by atoms with Crippen molar-refractivity contribution >= 4 is 29.0 Å². The summed E-state index contributed by atoms with van der Waals surface area (Å²) in [4.78, 5) is 38.6. The van der Waals surface area contributed by atoms with E-state index in [2.05, 4.69) is 20.6 Å². The number of halogens is 2. The first-order valence-electron chi connectivity index (χ1n) is 14.9. The molecule has 1 unspecified atom stereocenters. The number of carbonyl (C=O) groups is 2. The van der Waals surface area contributed by atoms with Crippen LogP contribution in [0.25, 0.3) is 16.9 Å². The fourth-order valence-electron chi connectivity index (χ4n) is 5.94. The molecule has 2 aromatic carbocycles. The van der Waals surface area contributed by atoms with Crippen molar-refractivity contribution in [3.05, 3.63) is 71.7 Å². The lowest BCUT2D eigenvalue weighted by Crippen LogP contribution is -2.55. The molecular weight excluding hydrogens is 598 g/mol. The first-order chi connectivity index (χ1) is 22.3. The molecule has 2 saturated heterocycles. The quantitative estimate of drug-likeness (QED) is 0.280. The molecular formula is C32H32F2N8O4. The van der Waals surface area contributed by atoms with Crippen molar-refractivity contribution in [3.8, 4) is 23.1 Å². The second-order valence-electron chi connectivity index (χ2n) is 11.2. The van der Waals surface area contributed by atoms with Crippen molar-refractivity contribution in [2.75, 3.05) is 51.2 Å². The molecule has 0 bridgehead atoms. The summed E-state index contributed by atoms with van der Waals surface area (Å²) in [5.41, 5.74) is 2.52. The van der Waals surface area contributed by atoms with E-state index < -0.39 is 30.3 Å². The summed E-state index contributed by atoms with van der Waals surface area (Å²) in [6.45, 7) is 4.16. The molecule has 2 fully saturated rings. The Bertz CT molecular complexity index is 1830. The number of piperidine rings is 1. The van der Waals surface area contributed by atoms with Gasteiger partial charge in [0, 0.05) is 61.9 Å². The second kappa shape index (κ2) is 13.1. The van der Waals surface area contributed by atoms with Crippen molar-refractivity contribution in [2.45, 2.75) is 19.4 Å². The van der Waals surface area contributed by atoms with Crippen molar-refractivity contribution < 1.29 is 28.2 Å². The smallest absolute Gasteiger partial charge is 0.254 e. The summed E-state index contributed by atoms with van der Waals surface area (Å²) >= 11 is 0. The van der Waals surface area contributed by atoms with Crippen LogP contribution >= 0.6 is 0 Å². The number of hydrogen-bond donors (Lipinski definition) is 3. The van der Waals surface area contributed by atoms with Crippen LogP contribution in [0, 0.1) is 35.8 Å². The predicted molar refractivity (Wildman–Crippen MR) is 163 cm³/mol. The predicted octanol–water partition coefficient (Wildman–Crippen LogP) is 2.88. The molecule has 3 N–H and O–H groups in total. The molecule has 238 valence electrons. The third-order valence-electron chi connectivity index (χ3n) is 8.41. The third kappa shape index (κ3) is 5.94. The molecule has 12 nitrogen and oxygen atoms in total. The van der Waals surface area contributed by atoms with E-state index in [1.807, 2.05) is 13.0 Å². The van der Waals surface area contributed by atoms with Crippen LogP contribution in [0.3, 0.4) is 0 Å². The molecule has 2 amide bonds. The van der Waals surface area contributed by atoms with Gasteiger partial charge >= 0.3 is 0 Å². The maximum Gasteiger partial charge on any atom is 0.254 e. The van der Waals surface area contributed by atoms with E-state index in [-0.39, 0.29) is 28.8 Å². The average Bonchev–Trinajstić information content (AvgIpc) is 3.50. The highest BCUT2D eigenvalue weighted by atomic mass is 19.2. The standard InChI is InChI=1S/C32H32F2N8O4/c1-19-16-20(2-3-21(19)31(44)40-11-13-41(14-12-40)32(45)23-6-8-36-18-25(23)43)39-29-30-38-17-24(42(30)10-9-37-29)22-4-5-26(46-15-7-35)28(34)27(22)33/h2-5,9-10,16-17,23,25,36,43H,6,8,11-15,18H2,1H3,(H,37,39)/t23-,25?/m1/s1. The molecule has 46 heavy (non-hydrogen) atoms. The molecule has 2 aliphatic heterocycles. The molecule has 0 radical (unpaired) electrons. The first kappa shape index (κ1) is 30.9. The molecule has 6 rings (SSSR count). The Hall–Kier alpha value is -5.13. The molecule has 0 saturated carbocycles. The van der Waals surface area contributed by atoms with Gasteiger partial charge in [-0.1, -0.05) is 0 Å². The van der Waals surface area contributed by atoms with Crippen molar-refractivity contribution in [1.29, 1.82) is 5.26 Å². The number of fused-ring (bicyclic) bond motifs is 1. The summed E-state index contributed by atoms with van der Waals surface area (Å²) in [6, 6.07) is 9.64. The van der Waals surface area contributed by atoms with Gasteiger partial charge in [0.1, 0.15) is 6.07 Å². The minimum atomic E-state index is -1.20. The molecule has 0 spiro atoms. The molecule has 2 aliphatic rings. The van der Waals surface area contributed by atoms with Crippen LogP contribution in [0.2, 0.25) is 0 Å². The number of amides is 2. The zero-order valence-electron chi connectivity index (χ0n) is 25.0. The van der Waals surface area contributed by atoms with Crippen LogP contribution in [0.15, 0.2) is 48.9 Å². The van der Waals surface area contributed by atoms with Gasteiger partial charge in [-0.3, -0.25) is 14.0 Å². The number of aliphatic hydroxyl groups excluding tert-OH is 1. The van der Waals surface area contributed by atoms with Crippen LogP contribution in [0.4, 0.5) is 20.3 Å². The number of anilines is 2. The largest absolute Gasteiger partial charge is 0.476 e. The van der Waals surface area contributed by atoms with Crippen molar-refractivity contribution in [1.82, 2.24) is 29.5 Å². The van der Waals surface area contributed by atoms with Crippen LogP contribution in [-0.4, -0.2) is 93.1 Å². The third-order valence-corrected chi connectivity index (χ3v) is 8.41. The number of nitrogens with one attached hydrogen (secondary N) is 2. The monoisotopic (exact) mass is 630 g/mol. The van der Waals surface area contributed by atoms with Crippen molar-refractivity contribution in [3.63, 3.8) is 0 Å². The lowest BCUT2D eigenvalue weighted by atomic mass is 9.93. The maximum absolute atomic E-state index is 15.0. The number of β-amino-alcohol motifs (C(OH)–C–C–N with tert-alkyl or cyclic N) is 1. The van der Waals surface area contributed by atoms with Crippen LogP contribution < -0.4 is 15.4 Å². The molecule has 2 atom stereocenters. The number of benzene rings is 2. The first-order valence-corrected chi connectivity index (χ1v) is 14.9. The number of nitriles is 1. The average molecular weight is 631 g/mol. The normalized spacial score (nSPS) is 18.3. The summed E-state index contributed by atoms with van der Waals surface area (Å²) in [5.74, 6) is -2.93. The summed E-state index contributed by atoms with van der Waals surface area (Å²) in [5, 5.41) is 25.2. The zero-order chi connectivity index (χ0) is 32.4.